The second-order valence-electron chi connectivity index (χ2n) is 1.92. The topological polar surface area (TPSA) is 126 Å². The Kier molecular flexibility index (Phi) is 15.4. The number of carbonyl (C=O) groups is 2. The van der Waals surface area contributed by atoms with Crippen molar-refractivity contribution >= 4 is 60.8 Å². The molecule has 0 radical (unpaired) electrons. The van der Waals surface area contributed by atoms with Crippen LogP contribution in [0.15, 0.2) is 0 Å². The summed E-state index contributed by atoms with van der Waals surface area (Å²) in [6.45, 7) is 2.05. The first-order chi connectivity index (χ1) is 5.29. The molecule has 13 heavy (non-hydrogen) atoms. The summed E-state index contributed by atoms with van der Waals surface area (Å²) in [7, 11) is 0. The largest absolute Gasteiger partial charge is 2.00 e. The monoisotopic (exact) mass is 314 g/mol. The molecule has 0 saturated heterocycles. The van der Waals surface area contributed by atoms with Crippen LogP contribution in [0.2, 0.25) is 0 Å². The Morgan fingerprint density at radius 3 is 1.00 bits per heavy atom. The van der Waals surface area contributed by atoms with Crippen molar-refractivity contribution in [1.29, 1.82) is 0 Å². The molecule has 6 nitrogen and oxygen atoms in total. The van der Waals surface area contributed by atoms with E-state index < -0.39 is 24.1 Å². The van der Waals surface area contributed by atoms with E-state index in [-0.39, 0.29) is 48.9 Å². The number of carboxylic acids is 2. The second kappa shape index (κ2) is 10.5. The first-order valence-corrected chi connectivity index (χ1v) is 3.02. The van der Waals surface area contributed by atoms with E-state index in [4.69, 9.17) is 0 Å². The Bertz CT molecular complexity index is 137. The quantitative estimate of drug-likeness (QED) is 0.468. The van der Waals surface area contributed by atoms with Crippen LogP contribution in [-0.2, 0) is 9.59 Å². The van der Waals surface area contributed by atoms with Crippen LogP contribution in [-0.4, -0.2) is 73.0 Å². The van der Waals surface area contributed by atoms with Gasteiger partial charge in [-0.15, -0.1) is 0 Å². The van der Waals surface area contributed by atoms with E-state index in [0.717, 1.165) is 13.8 Å². The molecule has 0 fully saturated rings. The zero-order chi connectivity index (χ0) is 10.3. The summed E-state index contributed by atoms with van der Waals surface area (Å²) in [5.41, 5.74) is 0. The van der Waals surface area contributed by atoms with Crippen molar-refractivity contribution in [2.75, 3.05) is 0 Å². The smallest absolute Gasteiger partial charge is 0.848 e. The van der Waals surface area contributed by atoms with Gasteiger partial charge in [0.2, 0.25) is 0 Å². The van der Waals surface area contributed by atoms with Crippen LogP contribution in [0.25, 0.3) is 0 Å². The maximum absolute atomic E-state index is 9.56. The third-order valence-corrected chi connectivity index (χ3v) is 0.664. The fourth-order valence-corrected chi connectivity index (χ4v) is 0. The summed E-state index contributed by atoms with van der Waals surface area (Å²) in [6, 6.07) is 0. The van der Waals surface area contributed by atoms with Gasteiger partial charge in [-0.1, -0.05) is 26.1 Å². The van der Waals surface area contributed by atoms with Crippen molar-refractivity contribution in [2.45, 2.75) is 26.1 Å². The molecule has 72 valence electrons. The van der Waals surface area contributed by atoms with Gasteiger partial charge in [0.25, 0.3) is 0 Å². The van der Waals surface area contributed by atoms with Crippen LogP contribution in [0.1, 0.15) is 13.8 Å². The van der Waals surface area contributed by atoms with Gasteiger partial charge in [0.15, 0.2) is 0 Å². The minimum atomic E-state index is -1.59. The van der Waals surface area contributed by atoms with Gasteiger partial charge in [-0.25, -0.2) is 0 Å². The normalized spacial score (nSPS) is 12.6. The third kappa shape index (κ3) is 19.0. The van der Waals surface area contributed by atoms with Crippen LogP contribution < -0.4 is 20.4 Å². The molecule has 0 amide bonds. The van der Waals surface area contributed by atoms with Crippen LogP contribution in [0.4, 0.5) is 0 Å². The molecular weight excluding hydrogens is 305 g/mol. The third-order valence-electron chi connectivity index (χ3n) is 0.664. The Morgan fingerprint density at radius 1 is 0.923 bits per heavy atom. The van der Waals surface area contributed by atoms with Gasteiger partial charge in [-0.05, 0) is 0 Å². The number of carbonyl (C=O) groups excluding carboxylic acids is 2. The Morgan fingerprint density at radius 2 is 1.00 bits per heavy atom. The fourth-order valence-electron chi connectivity index (χ4n) is 0. The number of hydrogen-bond donors (Lipinski definition) is 0. The van der Waals surface area contributed by atoms with Crippen LogP contribution in [0.3, 0.4) is 0 Å². The van der Waals surface area contributed by atoms with Gasteiger partial charge in [-0.2, -0.15) is 0 Å². The van der Waals surface area contributed by atoms with Crippen LogP contribution in [0.5, 0.6) is 0 Å². The van der Waals surface area contributed by atoms with E-state index in [1.165, 1.54) is 0 Å². The van der Waals surface area contributed by atoms with Crippen molar-refractivity contribution in [3.8, 4) is 0 Å². The molecule has 0 bridgehead atoms. The standard InChI is InChI=1S/2C3H5O3.Ba/c2*1-2(4)3(5)6;/h2*2H,1H3,(H,5,6);/q2*-1;+2/p-2. The number of carboxylic acid groups (broad SMARTS) is 2. The van der Waals surface area contributed by atoms with Gasteiger partial charge in [0.1, 0.15) is 0 Å². The predicted molar refractivity (Wildman–Crippen MR) is 34.7 cm³/mol. The number of aliphatic carboxylic acids is 2. The van der Waals surface area contributed by atoms with E-state index in [0.29, 0.717) is 0 Å². The molecule has 0 heterocycles. The summed E-state index contributed by atoms with van der Waals surface area (Å²) >= 11 is 0. The maximum atomic E-state index is 9.56. The van der Waals surface area contributed by atoms with Crippen LogP contribution in [0, 0.1) is 0 Å². The van der Waals surface area contributed by atoms with E-state index in [9.17, 15) is 30.0 Å². The summed E-state index contributed by atoms with van der Waals surface area (Å²) in [5, 5.41) is 37.7. The Labute approximate surface area is 116 Å². The molecule has 0 spiro atoms. The average molecular weight is 313 g/mol. The molecule has 0 rings (SSSR count). The molecule has 7 heteroatoms. The molecule has 0 aliphatic carbocycles. The zero-order valence-electron chi connectivity index (χ0n) is 7.31. The van der Waals surface area contributed by atoms with Crippen molar-refractivity contribution in [1.82, 2.24) is 0 Å². The van der Waals surface area contributed by atoms with Gasteiger partial charge >= 0.3 is 48.9 Å². The predicted octanol–water partition coefficient (Wildman–Crippen LogP) is -5.41. The zero-order valence-corrected chi connectivity index (χ0v) is 11.8. The molecule has 0 aromatic rings. The minimum absolute atomic E-state index is 0. The summed E-state index contributed by atoms with van der Waals surface area (Å²) in [5.74, 6) is -3.09. The molecule has 0 aromatic carbocycles. The van der Waals surface area contributed by atoms with Crippen molar-refractivity contribution in [3.05, 3.63) is 0 Å². The first-order valence-electron chi connectivity index (χ1n) is 3.02. The average Bonchev–Trinajstić information content (AvgIpc) is 1.88. The van der Waals surface area contributed by atoms with Crippen molar-refractivity contribution in [2.24, 2.45) is 0 Å². The van der Waals surface area contributed by atoms with E-state index in [1.54, 1.807) is 0 Å². The molecule has 0 aliphatic heterocycles. The fraction of sp³-hybridized carbons (Fsp3) is 0.667. The number of hydrogen-bond acceptors (Lipinski definition) is 6. The molecule has 0 N–H and O–H groups in total. The SMILES string of the molecule is CC([O-])C(=O)[O-].CC([O-])C(=O)[O-].[Ba+2]. The maximum Gasteiger partial charge on any atom is 2.00 e. The van der Waals surface area contributed by atoms with Crippen molar-refractivity contribution in [3.63, 3.8) is 0 Å². The van der Waals surface area contributed by atoms with E-state index in [2.05, 4.69) is 0 Å². The van der Waals surface area contributed by atoms with Gasteiger partial charge in [0, 0.05) is 11.9 Å². The Balaban J connectivity index is -0.000000143. The second-order valence-corrected chi connectivity index (χ2v) is 1.92. The molecule has 0 saturated carbocycles. The van der Waals surface area contributed by atoms with E-state index >= 15 is 0 Å². The van der Waals surface area contributed by atoms with Crippen molar-refractivity contribution < 1.29 is 30.0 Å². The Hall–Kier alpha value is 0.431. The molecular formula is C6H8BaO6-2. The molecule has 2 atom stereocenters. The van der Waals surface area contributed by atoms with Gasteiger partial charge < -0.3 is 30.0 Å². The van der Waals surface area contributed by atoms with Crippen LogP contribution >= 0.6 is 0 Å². The van der Waals surface area contributed by atoms with Gasteiger partial charge in [-0.3, -0.25) is 0 Å². The molecule has 0 aromatic heterocycles. The summed E-state index contributed by atoms with van der Waals surface area (Å²) < 4.78 is 0. The molecule has 0 aliphatic rings. The number of rotatable bonds is 2. The summed E-state index contributed by atoms with van der Waals surface area (Å²) in [6.07, 6.45) is -3.19. The summed E-state index contributed by atoms with van der Waals surface area (Å²) in [4.78, 5) is 18.6. The minimum Gasteiger partial charge on any atom is -0.848 e. The van der Waals surface area contributed by atoms with Gasteiger partial charge in [0.05, 0.1) is 0 Å². The first kappa shape index (κ1) is 19.1. The van der Waals surface area contributed by atoms with E-state index in [1.807, 2.05) is 0 Å². The molecule has 2 unspecified atom stereocenters.